The van der Waals surface area contributed by atoms with E-state index in [0.29, 0.717) is 0 Å². The molecule has 0 bridgehead atoms. The standard InChI is InChI=1S/C14H17NS/c16-14(13-7-3-1-4-8-13)9-12-15-10-5-2-6-11-15/h1,3-4,7-9,12H,2,5-6,10-11H2. The molecule has 2 rings (SSSR count). The molecule has 0 aromatic heterocycles. The van der Waals surface area contributed by atoms with Gasteiger partial charge in [0, 0.05) is 24.2 Å². The van der Waals surface area contributed by atoms with Gasteiger partial charge in [0.05, 0.1) is 0 Å². The molecule has 1 aliphatic heterocycles. The Kier molecular flexibility index (Phi) is 4.11. The average Bonchev–Trinajstić information content (AvgIpc) is 2.38. The minimum absolute atomic E-state index is 0.922. The minimum atomic E-state index is 0.922. The van der Waals surface area contributed by atoms with Crippen LogP contribution in [0.3, 0.4) is 0 Å². The molecule has 1 nitrogen and oxygen atoms in total. The summed E-state index contributed by atoms with van der Waals surface area (Å²) in [5.74, 6) is 0. The zero-order chi connectivity index (χ0) is 11.2. The number of thiocarbonyl (C=S) groups is 1. The van der Waals surface area contributed by atoms with Crippen LogP contribution in [0.25, 0.3) is 0 Å². The minimum Gasteiger partial charge on any atom is -0.377 e. The Morgan fingerprint density at radius 3 is 2.44 bits per heavy atom. The van der Waals surface area contributed by atoms with Crippen LogP contribution in [-0.4, -0.2) is 22.9 Å². The highest BCUT2D eigenvalue weighted by molar-refractivity contribution is 7.81. The van der Waals surface area contributed by atoms with Gasteiger partial charge in [-0.2, -0.15) is 0 Å². The molecule has 1 aromatic carbocycles. The molecule has 0 radical (unpaired) electrons. The fourth-order valence-corrected chi connectivity index (χ4v) is 2.14. The fourth-order valence-electron chi connectivity index (χ4n) is 1.94. The molecule has 1 aliphatic rings. The quantitative estimate of drug-likeness (QED) is 0.445. The first-order valence-electron chi connectivity index (χ1n) is 5.88. The van der Waals surface area contributed by atoms with Crippen LogP contribution in [0.1, 0.15) is 24.8 Å². The Morgan fingerprint density at radius 2 is 1.75 bits per heavy atom. The van der Waals surface area contributed by atoms with E-state index in [1.807, 2.05) is 18.2 Å². The molecule has 0 saturated carbocycles. The first kappa shape index (κ1) is 11.3. The van der Waals surface area contributed by atoms with Crippen molar-refractivity contribution in [2.45, 2.75) is 19.3 Å². The van der Waals surface area contributed by atoms with E-state index < -0.39 is 0 Å². The number of allylic oxidation sites excluding steroid dienone is 1. The van der Waals surface area contributed by atoms with Crippen molar-refractivity contribution in [2.24, 2.45) is 0 Å². The first-order valence-corrected chi connectivity index (χ1v) is 6.29. The Balaban J connectivity index is 1.94. The van der Waals surface area contributed by atoms with Crippen molar-refractivity contribution in [3.63, 3.8) is 0 Å². The van der Waals surface area contributed by atoms with Crippen LogP contribution in [0.15, 0.2) is 42.6 Å². The summed E-state index contributed by atoms with van der Waals surface area (Å²) in [6.45, 7) is 2.35. The van der Waals surface area contributed by atoms with Gasteiger partial charge in [0.25, 0.3) is 0 Å². The normalized spacial score (nSPS) is 16.6. The van der Waals surface area contributed by atoms with Crippen LogP contribution in [0, 0.1) is 0 Å². The largest absolute Gasteiger partial charge is 0.377 e. The molecular formula is C14H17NS. The highest BCUT2D eigenvalue weighted by Gasteiger charge is 2.05. The molecule has 2 heteroatoms. The number of nitrogens with zero attached hydrogens (tertiary/aromatic N) is 1. The fraction of sp³-hybridized carbons (Fsp3) is 0.357. The molecule has 0 N–H and O–H groups in total. The van der Waals surface area contributed by atoms with Crippen LogP contribution >= 0.6 is 12.2 Å². The van der Waals surface area contributed by atoms with Gasteiger partial charge in [-0.05, 0) is 30.9 Å². The number of hydrogen-bond acceptors (Lipinski definition) is 2. The van der Waals surface area contributed by atoms with E-state index in [4.69, 9.17) is 12.2 Å². The Morgan fingerprint density at radius 1 is 1.06 bits per heavy atom. The lowest BCUT2D eigenvalue weighted by Gasteiger charge is -2.24. The summed E-state index contributed by atoms with van der Waals surface area (Å²) in [5, 5.41) is 0. The molecule has 0 spiro atoms. The van der Waals surface area contributed by atoms with Crippen molar-refractivity contribution in [3.8, 4) is 0 Å². The topological polar surface area (TPSA) is 3.24 Å². The van der Waals surface area contributed by atoms with Crippen molar-refractivity contribution >= 4 is 17.1 Å². The number of benzene rings is 1. The lowest BCUT2D eigenvalue weighted by atomic mass is 10.1. The maximum absolute atomic E-state index is 5.38. The zero-order valence-electron chi connectivity index (χ0n) is 9.43. The van der Waals surface area contributed by atoms with Gasteiger partial charge in [-0.15, -0.1) is 0 Å². The van der Waals surface area contributed by atoms with E-state index in [1.165, 1.54) is 32.4 Å². The third-order valence-corrected chi connectivity index (χ3v) is 3.26. The van der Waals surface area contributed by atoms with Gasteiger partial charge in [-0.1, -0.05) is 42.5 Å². The van der Waals surface area contributed by atoms with Crippen LogP contribution in [-0.2, 0) is 0 Å². The van der Waals surface area contributed by atoms with Crippen molar-refractivity contribution in [1.82, 2.24) is 4.90 Å². The summed E-state index contributed by atoms with van der Waals surface area (Å²) in [7, 11) is 0. The van der Waals surface area contributed by atoms with Crippen LogP contribution in [0.5, 0.6) is 0 Å². The van der Waals surface area contributed by atoms with E-state index in [-0.39, 0.29) is 0 Å². The smallest absolute Gasteiger partial charge is 0.0463 e. The molecule has 16 heavy (non-hydrogen) atoms. The van der Waals surface area contributed by atoms with Crippen molar-refractivity contribution in [2.75, 3.05) is 13.1 Å². The Hall–Kier alpha value is -1.15. The molecule has 0 unspecified atom stereocenters. The molecule has 0 atom stereocenters. The second-order valence-corrected chi connectivity index (χ2v) is 4.58. The van der Waals surface area contributed by atoms with E-state index >= 15 is 0 Å². The summed E-state index contributed by atoms with van der Waals surface area (Å²) in [5.41, 5.74) is 1.13. The Labute approximate surface area is 103 Å². The summed E-state index contributed by atoms with van der Waals surface area (Å²) >= 11 is 5.38. The molecule has 1 fully saturated rings. The third kappa shape index (κ3) is 3.17. The number of hydrogen-bond donors (Lipinski definition) is 0. The monoisotopic (exact) mass is 231 g/mol. The van der Waals surface area contributed by atoms with Gasteiger partial charge in [0.1, 0.15) is 0 Å². The second-order valence-electron chi connectivity index (χ2n) is 4.14. The molecule has 1 heterocycles. The van der Waals surface area contributed by atoms with Crippen LogP contribution in [0.4, 0.5) is 0 Å². The number of likely N-dealkylation sites (tertiary alicyclic amines) is 1. The summed E-state index contributed by atoms with van der Waals surface area (Å²) in [4.78, 5) is 3.28. The molecular weight excluding hydrogens is 214 g/mol. The lowest BCUT2D eigenvalue weighted by molar-refractivity contribution is 0.310. The molecule has 84 valence electrons. The maximum Gasteiger partial charge on any atom is 0.0463 e. The van der Waals surface area contributed by atoms with Gasteiger partial charge in [0.15, 0.2) is 0 Å². The summed E-state index contributed by atoms with van der Waals surface area (Å²) in [6, 6.07) is 10.2. The highest BCUT2D eigenvalue weighted by atomic mass is 32.1. The van der Waals surface area contributed by atoms with E-state index in [9.17, 15) is 0 Å². The highest BCUT2D eigenvalue weighted by Crippen LogP contribution is 2.09. The SMILES string of the molecule is S=C(C=CN1CCCCC1)c1ccccc1. The second kappa shape index (κ2) is 5.80. The van der Waals surface area contributed by atoms with Gasteiger partial charge in [0.2, 0.25) is 0 Å². The van der Waals surface area contributed by atoms with Gasteiger partial charge < -0.3 is 4.90 Å². The van der Waals surface area contributed by atoms with Gasteiger partial charge in [-0.3, -0.25) is 0 Å². The molecule has 1 saturated heterocycles. The van der Waals surface area contributed by atoms with Crippen LogP contribution in [0.2, 0.25) is 0 Å². The van der Waals surface area contributed by atoms with E-state index in [0.717, 1.165) is 10.4 Å². The van der Waals surface area contributed by atoms with E-state index in [2.05, 4.69) is 29.3 Å². The van der Waals surface area contributed by atoms with E-state index in [1.54, 1.807) is 0 Å². The number of rotatable bonds is 3. The molecule has 0 amide bonds. The first-order chi connectivity index (χ1) is 7.86. The van der Waals surface area contributed by atoms with Crippen LogP contribution < -0.4 is 0 Å². The number of piperidine rings is 1. The van der Waals surface area contributed by atoms with Crippen molar-refractivity contribution in [1.29, 1.82) is 0 Å². The maximum atomic E-state index is 5.38. The third-order valence-electron chi connectivity index (χ3n) is 2.89. The predicted octanol–water partition coefficient (Wildman–Crippen LogP) is 3.40. The predicted molar refractivity (Wildman–Crippen MR) is 72.7 cm³/mol. The molecule has 1 aromatic rings. The summed E-state index contributed by atoms with van der Waals surface area (Å²) < 4.78 is 0. The average molecular weight is 231 g/mol. The van der Waals surface area contributed by atoms with Crippen molar-refractivity contribution < 1.29 is 0 Å². The van der Waals surface area contributed by atoms with Gasteiger partial charge >= 0.3 is 0 Å². The van der Waals surface area contributed by atoms with Crippen molar-refractivity contribution in [3.05, 3.63) is 48.2 Å². The van der Waals surface area contributed by atoms with Gasteiger partial charge in [-0.25, -0.2) is 0 Å². The molecule has 0 aliphatic carbocycles. The zero-order valence-corrected chi connectivity index (χ0v) is 10.2. The lowest BCUT2D eigenvalue weighted by Crippen LogP contribution is -2.24. The summed E-state index contributed by atoms with van der Waals surface area (Å²) in [6.07, 6.45) is 8.18. The Bertz CT molecular complexity index is 364.